The molecule has 0 amide bonds. The molecule has 0 saturated heterocycles. The molecular weight excluding hydrogens is 344 g/mol. The molecule has 3 aromatic rings. The molecule has 2 aromatic carbocycles. The van der Waals surface area contributed by atoms with Gasteiger partial charge in [0, 0.05) is 17.5 Å². The first-order chi connectivity index (χ1) is 12.0. The third kappa shape index (κ3) is 4.00. The number of carboxylic acid groups (broad SMARTS) is 1. The highest BCUT2D eigenvalue weighted by molar-refractivity contribution is 6.30. The van der Waals surface area contributed by atoms with Gasteiger partial charge in [-0.3, -0.25) is 9.59 Å². The van der Waals surface area contributed by atoms with Gasteiger partial charge in [0.2, 0.25) is 0 Å². The van der Waals surface area contributed by atoms with Gasteiger partial charge in [0.05, 0.1) is 17.6 Å². The van der Waals surface area contributed by atoms with Crippen LogP contribution in [0.2, 0.25) is 5.02 Å². The predicted molar refractivity (Wildman–Crippen MR) is 95.3 cm³/mol. The minimum atomic E-state index is -0.858. The summed E-state index contributed by atoms with van der Waals surface area (Å²) in [4.78, 5) is 23.1. The number of carboxylic acids is 1. The van der Waals surface area contributed by atoms with Crippen molar-refractivity contribution < 1.29 is 19.1 Å². The summed E-state index contributed by atoms with van der Waals surface area (Å²) in [6.07, 6.45) is 1.88. The maximum absolute atomic E-state index is 12.7. The average Bonchev–Trinajstić information content (AvgIpc) is 2.60. The molecule has 0 fully saturated rings. The Morgan fingerprint density at radius 3 is 2.64 bits per heavy atom. The van der Waals surface area contributed by atoms with E-state index < -0.39 is 5.97 Å². The highest BCUT2D eigenvalue weighted by Crippen LogP contribution is 2.24. The summed E-state index contributed by atoms with van der Waals surface area (Å²) >= 11 is 5.87. The van der Waals surface area contributed by atoms with E-state index in [0.717, 1.165) is 5.56 Å². The van der Waals surface area contributed by atoms with Crippen LogP contribution in [-0.2, 0) is 4.79 Å². The number of fused-ring (bicyclic) bond motifs is 1. The molecule has 0 atom stereocenters. The molecule has 1 N–H and O–H groups in total. The van der Waals surface area contributed by atoms with Crippen LogP contribution in [0.3, 0.4) is 0 Å². The Kier molecular flexibility index (Phi) is 5.05. The second-order valence-electron chi connectivity index (χ2n) is 5.49. The van der Waals surface area contributed by atoms with Crippen LogP contribution in [-0.4, -0.2) is 17.7 Å². The lowest BCUT2D eigenvalue weighted by molar-refractivity contribution is -0.137. The van der Waals surface area contributed by atoms with Crippen molar-refractivity contribution >= 4 is 28.5 Å². The minimum absolute atomic E-state index is 0.0487. The number of ether oxygens (including phenoxy) is 1. The van der Waals surface area contributed by atoms with Crippen LogP contribution in [0.5, 0.6) is 5.75 Å². The molecule has 0 bridgehead atoms. The normalized spacial score (nSPS) is 10.8. The molecule has 0 unspecified atom stereocenters. The SMILES string of the molecule is O=C(O)CCCOc1ccc2c(=O)c(-c3ccc(Cl)cc3)coc2c1. The number of hydrogen-bond acceptors (Lipinski definition) is 4. The number of aliphatic carboxylic acids is 1. The lowest BCUT2D eigenvalue weighted by atomic mass is 10.1. The second kappa shape index (κ2) is 7.40. The fourth-order valence-corrected chi connectivity index (χ4v) is 2.57. The van der Waals surface area contributed by atoms with Gasteiger partial charge in [-0.2, -0.15) is 0 Å². The zero-order valence-corrected chi connectivity index (χ0v) is 14.0. The summed E-state index contributed by atoms with van der Waals surface area (Å²) in [6.45, 7) is 0.283. The van der Waals surface area contributed by atoms with Gasteiger partial charge in [0.25, 0.3) is 0 Å². The molecule has 5 nitrogen and oxygen atoms in total. The molecular formula is C19H15ClO5. The zero-order chi connectivity index (χ0) is 17.8. The van der Waals surface area contributed by atoms with Crippen molar-refractivity contribution in [2.24, 2.45) is 0 Å². The first kappa shape index (κ1) is 17.0. The van der Waals surface area contributed by atoms with Crippen LogP contribution < -0.4 is 10.2 Å². The van der Waals surface area contributed by atoms with Gasteiger partial charge in [-0.05, 0) is 36.2 Å². The molecule has 0 aliphatic carbocycles. The quantitative estimate of drug-likeness (QED) is 0.662. The first-order valence-electron chi connectivity index (χ1n) is 7.71. The van der Waals surface area contributed by atoms with Gasteiger partial charge >= 0.3 is 5.97 Å². The van der Waals surface area contributed by atoms with Crippen LogP contribution >= 0.6 is 11.6 Å². The highest BCUT2D eigenvalue weighted by atomic mass is 35.5. The number of rotatable bonds is 6. The van der Waals surface area contributed by atoms with Crippen LogP contribution in [0.1, 0.15) is 12.8 Å². The van der Waals surface area contributed by atoms with Gasteiger partial charge in [0.15, 0.2) is 5.43 Å². The molecule has 0 spiro atoms. The van der Waals surface area contributed by atoms with Gasteiger partial charge in [0.1, 0.15) is 17.6 Å². The van der Waals surface area contributed by atoms with E-state index in [1.165, 1.54) is 6.26 Å². The molecule has 1 heterocycles. The molecule has 0 aliphatic heterocycles. The highest BCUT2D eigenvalue weighted by Gasteiger charge is 2.10. The first-order valence-corrected chi connectivity index (χ1v) is 8.08. The summed E-state index contributed by atoms with van der Waals surface area (Å²) in [5.41, 5.74) is 1.47. The van der Waals surface area contributed by atoms with Crippen molar-refractivity contribution in [1.82, 2.24) is 0 Å². The number of hydrogen-bond donors (Lipinski definition) is 1. The van der Waals surface area contributed by atoms with Gasteiger partial charge in [-0.15, -0.1) is 0 Å². The smallest absolute Gasteiger partial charge is 0.303 e. The van der Waals surface area contributed by atoms with Crippen LogP contribution in [0, 0.1) is 0 Å². The summed E-state index contributed by atoms with van der Waals surface area (Å²) < 4.78 is 11.1. The van der Waals surface area contributed by atoms with E-state index in [9.17, 15) is 9.59 Å². The topological polar surface area (TPSA) is 76.7 Å². The Hall–Kier alpha value is -2.79. The molecule has 0 radical (unpaired) electrons. The van der Waals surface area contributed by atoms with Crippen molar-refractivity contribution in [3.8, 4) is 16.9 Å². The maximum Gasteiger partial charge on any atom is 0.303 e. The van der Waals surface area contributed by atoms with E-state index in [-0.39, 0.29) is 18.5 Å². The molecule has 0 saturated carbocycles. The summed E-state index contributed by atoms with van der Waals surface area (Å²) in [7, 11) is 0. The minimum Gasteiger partial charge on any atom is -0.493 e. The lowest BCUT2D eigenvalue weighted by Crippen LogP contribution is -2.05. The summed E-state index contributed by atoms with van der Waals surface area (Å²) in [5.74, 6) is -0.330. The van der Waals surface area contributed by atoms with E-state index >= 15 is 0 Å². The van der Waals surface area contributed by atoms with E-state index in [0.29, 0.717) is 33.7 Å². The number of benzene rings is 2. The Balaban J connectivity index is 1.85. The Morgan fingerprint density at radius 2 is 1.92 bits per heavy atom. The summed E-state index contributed by atoms with van der Waals surface area (Å²) in [6, 6.07) is 11.9. The van der Waals surface area contributed by atoms with E-state index in [1.807, 2.05) is 0 Å². The Morgan fingerprint density at radius 1 is 1.16 bits per heavy atom. The number of carbonyl (C=O) groups is 1. The fraction of sp³-hybridized carbons (Fsp3) is 0.158. The third-order valence-corrected chi connectivity index (χ3v) is 3.96. The molecule has 3 rings (SSSR count). The largest absolute Gasteiger partial charge is 0.493 e. The third-order valence-electron chi connectivity index (χ3n) is 3.71. The monoisotopic (exact) mass is 358 g/mol. The van der Waals surface area contributed by atoms with Crippen LogP contribution in [0.15, 0.2) is 57.9 Å². The molecule has 25 heavy (non-hydrogen) atoms. The Labute approximate surface area is 148 Å². The van der Waals surface area contributed by atoms with Crippen molar-refractivity contribution in [2.75, 3.05) is 6.61 Å². The maximum atomic E-state index is 12.7. The molecule has 6 heteroatoms. The summed E-state index contributed by atoms with van der Waals surface area (Å²) in [5, 5.41) is 9.65. The second-order valence-corrected chi connectivity index (χ2v) is 5.93. The fourth-order valence-electron chi connectivity index (χ4n) is 2.44. The van der Waals surface area contributed by atoms with E-state index in [1.54, 1.807) is 42.5 Å². The number of halogens is 1. The molecule has 0 aliphatic rings. The standard InChI is InChI=1S/C19H15ClO5/c20-13-5-3-12(4-6-13)16-11-25-17-10-14(7-8-15(17)19(16)23)24-9-1-2-18(21)22/h3-8,10-11H,1-2,9H2,(H,21,22). The van der Waals surface area contributed by atoms with Gasteiger partial charge < -0.3 is 14.3 Å². The molecule has 1 aromatic heterocycles. The van der Waals surface area contributed by atoms with Crippen molar-refractivity contribution in [1.29, 1.82) is 0 Å². The van der Waals surface area contributed by atoms with Crippen LogP contribution in [0.4, 0.5) is 0 Å². The van der Waals surface area contributed by atoms with Crippen molar-refractivity contribution in [3.63, 3.8) is 0 Å². The molecule has 128 valence electrons. The van der Waals surface area contributed by atoms with Crippen molar-refractivity contribution in [2.45, 2.75) is 12.8 Å². The van der Waals surface area contributed by atoms with Crippen molar-refractivity contribution in [3.05, 3.63) is 64.0 Å². The zero-order valence-electron chi connectivity index (χ0n) is 13.2. The van der Waals surface area contributed by atoms with Crippen LogP contribution in [0.25, 0.3) is 22.1 Å². The van der Waals surface area contributed by atoms with Gasteiger partial charge in [-0.25, -0.2) is 0 Å². The lowest BCUT2D eigenvalue weighted by Gasteiger charge is -2.07. The Bertz CT molecular complexity index is 960. The van der Waals surface area contributed by atoms with Gasteiger partial charge in [-0.1, -0.05) is 23.7 Å². The van der Waals surface area contributed by atoms with E-state index in [4.69, 9.17) is 25.9 Å². The average molecular weight is 359 g/mol. The van der Waals surface area contributed by atoms with E-state index in [2.05, 4.69) is 0 Å². The predicted octanol–water partition coefficient (Wildman–Crippen LogP) is 4.36.